The molecule has 4 atom stereocenters. The molecule has 4 nitrogen and oxygen atoms in total. The Morgan fingerprint density at radius 3 is 2.33 bits per heavy atom. The van der Waals surface area contributed by atoms with Gasteiger partial charge in [0.25, 0.3) is 0 Å². The summed E-state index contributed by atoms with van der Waals surface area (Å²) in [5, 5.41) is 9.13. The molecule has 1 saturated heterocycles. The van der Waals surface area contributed by atoms with E-state index in [1.54, 1.807) is 18.2 Å². The highest BCUT2D eigenvalue weighted by molar-refractivity contribution is 6.06. The van der Waals surface area contributed by atoms with Crippen LogP contribution in [0.3, 0.4) is 0 Å². The van der Waals surface area contributed by atoms with Gasteiger partial charge in [-0.3, -0.25) is 14.5 Å². The fourth-order valence-corrected chi connectivity index (χ4v) is 4.06. The number of hydrogen-bond donors (Lipinski definition) is 0. The molecule has 1 aliphatic heterocycles. The van der Waals surface area contributed by atoms with E-state index in [2.05, 4.69) is 18.2 Å². The van der Waals surface area contributed by atoms with Crippen molar-refractivity contribution in [1.29, 1.82) is 5.26 Å². The minimum absolute atomic E-state index is 0.0606. The van der Waals surface area contributed by atoms with E-state index in [-0.39, 0.29) is 42.0 Å². The molecule has 104 valence electrons. The number of amides is 2. The van der Waals surface area contributed by atoms with E-state index < -0.39 is 0 Å². The first-order chi connectivity index (χ1) is 10.2. The molecule has 0 N–H and O–H groups in total. The summed E-state index contributed by atoms with van der Waals surface area (Å²) < 4.78 is 0. The number of hydrogen-bond acceptors (Lipinski definition) is 3. The largest absolute Gasteiger partial charge is 0.278 e. The third-order valence-electron chi connectivity index (χ3n) is 5.03. The Kier molecular flexibility index (Phi) is 2.52. The highest BCUT2D eigenvalue weighted by Gasteiger charge is 2.59. The van der Waals surface area contributed by atoms with Crippen molar-refractivity contribution in [2.45, 2.75) is 13.0 Å². The molecular formula is C17H14N2O2. The number of carbonyl (C=O) groups excluding carboxylic acids is 2. The van der Waals surface area contributed by atoms with Gasteiger partial charge >= 0.3 is 0 Å². The van der Waals surface area contributed by atoms with Crippen molar-refractivity contribution < 1.29 is 9.59 Å². The molecule has 1 saturated carbocycles. The van der Waals surface area contributed by atoms with Crippen molar-refractivity contribution >= 4 is 11.8 Å². The zero-order chi connectivity index (χ0) is 14.6. The molecule has 2 aliphatic carbocycles. The third kappa shape index (κ3) is 1.61. The summed E-state index contributed by atoms with van der Waals surface area (Å²) in [7, 11) is 0. The number of nitrogens with zero attached hydrogens (tertiary/aromatic N) is 2. The summed E-state index contributed by atoms with van der Waals surface area (Å²) in [4.78, 5) is 26.5. The fraction of sp³-hybridized carbons (Fsp3) is 0.353. The van der Waals surface area contributed by atoms with Crippen LogP contribution in [0, 0.1) is 35.0 Å². The van der Waals surface area contributed by atoms with Crippen LogP contribution in [0.25, 0.3) is 0 Å². The van der Waals surface area contributed by atoms with E-state index in [4.69, 9.17) is 5.26 Å². The van der Waals surface area contributed by atoms with E-state index in [0.717, 1.165) is 12.0 Å². The maximum Gasteiger partial charge on any atom is 0.234 e. The molecule has 2 amide bonds. The lowest BCUT2D eigenvalue weighted by Gasteiger charge is -2.17. The van der Waals surface area contributed by atoms with Gasteiger partial charge in [0.05, 0.1) is 30.0 Å². The molecule has 1 aromatic rings. The molecule has 21 heavy (non-hydrogen) atoms. The third-order valence-corrected chi connectivity index (χ3v) is 5.03. The standard InChI is InChI=1S/C17H14N2O2/c18-8-12-3-1-2-4-13(12)9-19-16(20)14-10-5-6-11(7-10)15(14)17(19)21/h1-6,10-11,14-15H,7,9H2/t10-,11-,14+,15+/m0/s1. The maximum atomic E-state index is 12.6. The first-order valence-corrected chi connectivity index (χ1v) is 7.22. The second-order valence-corrected chi connectivity index (χ2v) is 6.03. The second kappa shape index (κ2) is 4.29. The zero-order valence-electron chi connectivity index (χ0n) is 11.4. The Morgan fingerprint density at radius 1 is 1.10 bits per heavy atom. The lowest BCUT2D eigenvalue weighted by atomic mass is 9.85. The number of rotatable bonds is 2. The number of likely N-dealkylation sites (tertiary alicyclic amines) is 1. The molecule has 0 aromatic heterocycles. The van der Waals surface area contributed by atoms with Gasteiger partial charge in [0.15, 0.2) is 0 Å². The minimum atomic E-state index is -0.165. The van der Waals surface area contributed by atoms with Crippen LogP contribution >= 0.6 is 0 Å². The average Bonchev–Trinajstić information content (AvgIpc) is 3.17. The van der Waals surface area contributed by atoms with E-state index in [0.29, 0.717) is 5.56 Å². The van der Waals surface area contributed by atoms with Crippen LogP contribution in [0.2, 0.25) is 0 Å². The molecule has 1 heterocycles. The predicted octanol–water partition coefficient (Wildman–Crippen LogP) is 1.87. The molecule has 2 bridgehead atoms. The Morgan fingerprint density at radius 2 is 1.71 bits per heavy atom. The Hall–Kier alpha value is -2.41. The van der Waals surface area contributed by atoms with Crippen molar-refractivity contribution in [2.75, 3.05) is 0 Å². The van der Waals surface area contributed by atoms with Gasteiger partial charge in [-0.2, -0.15) is 5.26 Å². The number of fused-ring (bicyclic) bond motifs is 5. The topological polar surface area (TPSA) is 61.2 Å². The van der Waals surface area contributed by atoms with Crippen LogP contribution in [-0.2, 0) is 16.1 Å². The summed E-state index contributed by atoms with van der Waals surface area (Å²) in [6.45, 7) is 0.216. The van der Waals surface area contributed by atoms with Crippen molar-refractivity contribution in [3.63, 3.8) is 0 Å². The Balaban J connectivity index is 1.65. The molecule has 3 aliphatic rings. The molecule has 2 fully saturated rings. The summed E-state index contributed by atoms with van der Waals surface area (Å²) in [6.07, 6.45) is 5.11. The fourth-order valence-electron chi connectivity index (χ4n) is 4.06. The second-order valence-electron chi connectivity index (χ2n) is 6.03. The van der Waals surface area contributed by atoms with Crippen LogP contribution in [-0.4, -0.2) is 16.7 Å². The first kappa shape index (κ1) is 12.3. The van der Waals surface area contributed by atoms with Crippen LogP contribution in [0.5, 0.6) is 0 Å². The number of benzene rings is 1. The highest BCUT2D eigenvalue weighted by atomic mass is 16.2. The van der Waals surface area contributed by atoms with E-state index in [9.17, 15) is 9.59 Å². The predicted molar refractivity (Wildman–Crippen MR) is 74.4 cm³/mol. The number of imide groups is 1. The van der Waals surface area contributed by atoms with Crippen molar-refractivity contribution in [3.05, 3.63) is 47.5 Å². The van der Waals surface area contributed by atoms with Gasteiger partial charge in [0.2, 0.25) is 11.8 Å². The van der Waals surface area contributed by atoms with E-state index in [1.165, 1.54) is 4.90 Å². The molecular weight excluding hydrogens is 264 g/mol. The van der Waals surface area contributed by atoms with Gasteiger partial charge in [0.1, 0.15) is 0 Å². The minimum Gasteiger partial charge on any atom is -0.278 e. The van der Waals surface area contributed by atoms with Crippen LogP contribution in [0.1, 0.15) is 17.5 Å². The van der Waals surface area contributed by atoms with E-state index in [1.807, 2.05) is 6.07 Å². The van der Waals surface area contributed by atoms with Gasteiger partial charge in [-0.25, -0.2) is 0 Å². The van der Waals surface area contributed by atoms with Gasteiger partial charge in [0, 0.05) is 0 Å². The maximum absolute atomic E-state index is 12.6. The summed E-state index contributed by atoms with van der Waals surface area (Å²) in [5.41, 5.74) is 1.26. The number of allylic oxidation sites excluding steroid dienone is 2. The molecule has 1 aromatic carbocycles. The first-order valence-electron chi connectivity index (χ1n) is 7.22. The van der Waals surface area contributed by atoms with Gasteiger partial charge < -0.3 is 0 Å². The summed E-state index contributed by atoms with van der Waals surface area (Å²) in [6, 6.07) is 9.25. The van der Waals surface area contributed by atoms with Crippen LogP contribution < -0.4 is 0 Å². The van der Waals surface area contributed by atoms with Crippen molar-refractivity contribution in [2.24, 2.45) is 23.7 Å². The summed E-state index contributed by atoms with van der Waals surface area (Å²) >= 11 is 0. The molecule has 0 radical (unpaired) electrons. The average molecular weight is 278 g/mol. The number of carbonyl (C=O) groups is 2. The van der Waals surface area contributed by atoms with Crippen molar-refractivity contribution in [1.82, 2.24) is 4.90 Å². The molecule has 0 spiro atoms. The van der Waals surface area contributed by atoms with E-state index >= 15 is 0 Å². The summed E-state index contributed by atoms with van der Waals surface area (Å²) in [5.74, 6) is 0.00741. The smallest absolute Gasteiger partial charge is 0.234 e. The molecule has 4 heteroatoms. The quantitative estimate of drug-likeness (QED) is 0.613. The lowest BCUT2D eigenvalue weighted by Crippen LogP contribution is -2.32. The zero-order valence-corrected chi connectivity index (χ0v) is 11.4. The molecule has 0 unspecified atom stereocenters. The SMILES string of the molecule is N#Cc1ccccc1CN1C(=O)[C@H]2[C@H](C1=O)[C@H]1C=C[C@H]2C1. The lowest BCUT2D eigenvalue weighted by molar-refractivity contribution is -0.141. The normalized spacial score (nSPS) is 32.6. The van der Waals surface area contributed by atoms with Crippen LogP contribution in [0.4, 0.5) is 0 Å². The monoisotopic (exact) mass is 278 g/mol. The van der Waals surface area contributed by atoms with Gasteiger partial charge in [-0.1, -0.05) is 30.4 Å². The van der Waals surface area contributed by atoms with Crippen LogP contribution in [0.15, 0.2) is 36.4 Å². The van der Waals surface area contributed by atoms with Gasteiger partial charge in [-0.15, -0.1) is 0 Å². The Labute approximate surface area is 122 Å². The van der Waals surface area contributed by atoms with Crippen molar-refractivity contribution in [3.8, 4) is 6.07 Å². The highest BCUT2D eigenvalue weighted by Crippen LogP contribution is 2.52. The van der Waals surface area contributed by atoms with Gasteiger partial charge in [-0.05, 0) is 29.9 Å². The Bertz CT molecular complexity index is 686. The molecule has 4 rings (SSSR count). The number of nitriles is 1.